The van der Waals surface area contributed by atoms with Crippen LogP contribution in [0.15, 0.2) is 24.4 Å². The number of halogens is 1. The largest absolute Gasteiger partial charge is 0.261 e. The van der Waals surface area contributed by atoms with Crippen LogP contribution >= 0.6 is 22.6 Å². The van der Waals surface area contributed by atoms with E-state index in [4.69, 9.17) is 0 Å². The maximum atomic E-state index is 4.44. The first-order valence-electron chi connectivity index (χ1n) is 4.33. The van der Waals surface area contributed by atoms with Crippen molar-refractivity contribution in [2.24, 2.45) is 0 Å². The molecular weight excluding hydrogens is 261 g/mol. The van der Waals surface area contributed by atoms with Crippen LogP contribution < -0.4 is 0 Å². The molecule has 0 aliphatic heterocycles. The van der Waals surface area contributed by atoms with Gasteiger partial charge in [0.15, 0.2) is 0 Å². The van der Waals surface area contributed by atoms with Gasteiger partial charge in [-0.15, -0.1) is 0 Å². The van der Waals surface area contributed by atoms with E-state index in [9.17, 15) is 0 Å². The van der Waals surface area contributed by atoms with Crippen molar-refractivity contribution in [1.29, 1.82) is 0 Å². The monoisotopic (exact) mass is 271 g/mol. The molecule has 1 aromatic heterocycles. The predicted molar refractivity (Wildman–Crippen MR) is 56.5 cm³/mol. The van der Waals surface area contributed by atoms with Crippen molar-refractivity contribution in [2.75, 3.05) is 0 Å². The van der Waals surface area contributed by atoms with Gasteiger partial charge >= 0.3 is 0 Å². The minimum Gasteiger partial charge on any atom is -0.261 e. The molecule has 3 fully saturated rings. The lowest BCUT2D eigenvalue weighted by Gasteiger charge is -2.67. The van der Waals surface area contributed by atoms with Gasteiger partial charge < -0.3 is 0 Å². The molecule has 0 spiro atoms. The summed E-state index contributed by atoms with van der Waals surface area (Å²) in [5.74, 6) is 0. The highest BCUT2D eigenvalue weighted by molar-refractivity contribution is 14.1. The molecule has 2 heteroatoms. The number of pyridine rings is 1. The van der Waals surface area contributed by atoms with E-state index in [-0.39, 0.29) is 0 Å². The number of nitrogens with zero attached hydrogens (tertiary/aromatic N) is 1. The summed E-state index contributed by atoms with van der Waals surface area (Å²) in [5, 5.41) is 0. The van der Waals surface area contributed by atoms with Crippen LogP contribution in [-0.2, 0) is 5.41 Å². The van der Waals surface area contributed by atoms with Crippen LogP contribution in [0.2, 0.25) is 0 Å². The summed E-state index contributed by atoms with van der Waals surface area (Å²) in [6.45, 7) is 0. The summed E-state index contributed by atoms with van der Waals surface area (Å²) in [6, 6.07) is 6.27. The maximum absolute atomic E-state index is 4.44. The molecule has 3 aliphatic carbocycles. The second kappa shape index (κ2) is 2.03. The van der Waals surface area contributed by atoms with Gasteiger partial charge in [-0.25, -0.2) is 0 Å². The molecule has 1 aromatic rings. The number of rotatable bonds is 1. The summed E-state index contributed by atoms with van der Waals surface area (Å²) < 4.78 is 0.662. The lowest BCUT2D eigenvalue weighted by molar-refractivity contribution is 0.0180. The van der Waals surface area contributed by atoms with Gasteiger partial charge in [-0.3, -0.25) is 4.98 Å². The molecule has 0 aromatic carbocycles. The number of aromatic nitrogens is 1. The Kier molecular flexibility index (Phi) is 1.23. The fraction of sp³-hybridized carbons (Fsp3) is 0.500. The second-order valence-corrected chi connectivity index (χ2v) is 6.46. The van der Waals surface area contributed by atoms with E-state index in [1.54, 1.807) is 0 Å². The van der Waals surface area contributed by atoms with Crippen molar-refractivity contribution >= 4 is 22.6 Å². The third-order valence-corrected chi connectivity index (χ3v) is 4.32. The highest BCUT2D eigenvalue weighted by atomic mass is 127. The first kappa shape index (κ1) is 7.30. The molecule has 3 aliphatic rings. The molecule has 0 atom stereocenters. The van der Waals surface area contributed by atoms with Gasteiger partial charge in [0, 0.05) is 20.7 Å². The Balaban J connectivity index is 1.94. The minimum absolute atomic E-state index is 0.502. The molecular formula is C10H10IN. The Labute approximate surface area is 85.7 Å². The second-order valence-electron chi connectivity index (χ2n) is 4.18. The minimum atomic E-state index is 0.502. The van der Waals surface area contributed by atoms with Crippen molar-refractivity contribution in [3.05, 3.63) is 30.1 Å². The van der Waals surface area contributed by atoms with E-state index in [1.165, 1.54) is 25.0 Å². The standard InChI is InChI=1S/C10H10IN/c11-10-5-9(6-10,7-10)8-3-1-2-4-12-8/h1-4H,5-7H2. The van der Waals surface area contributed by atoms with Crippen LogP contribution in [-0.4, -0.2) is 8.41 Å². The Morgan fingerprint density at radius 3 is 2.50 bits per heavy atom. The zero-order valence-electron chi connectivity index (χ0n) is 6.76. The topological polar surface area (TPSA) is 12.9 Å². The van der Waals surface area contributed by atoms with E-state index in [1.807, 2.05) is 12.3 Å². The first-order chi connectivity index (χ1) is 5.73. The molecule has 0 amide bonds. The molecule has 12 heavy (non-hydrogen) atoms. The summed E-state index contributed by atoms with van der Waals surface area (Å²) in [7, 11) is 0. The van der Waals surface area contributed by atoms with Crippen molar-refractivity contribution in [3.8, 4) is 0 Å². The molecule has 0 radical (unpaired) electrons. The molecule has 0 saturated heterocycles. The van der Waals surface area contributed by atoms with Crippen molar-refractivity contribution in [1.82, 2.24) is 4.98 Å². The molecule has 0 N–H and O–H groups in total. The fourth-order valence-electron chi connectivity index (χ4n) is 2.61. The van der Waals surface area contributed by atoms with Crippen LogP contribution in [0.3, 0.4) is 0 Å². The van der Waals surface area contributed by atoms with Crippen LogP contribution in [0.25, 0.3) is 0 Å². The quantitative estimate of drug-likeness (QED) is 0.565. The van der Waals surface area contributed by atoms with Gasteiger partial charge in [0.1, 0.15) is 0 Å². The lowest BCUT2D eigenvalue weighted by Crippen LogP contribution is -2.66. The normalized spacial score (nSPS) is 43.1. The van der Waals surface area contributed by atoms with Crippen molar-refractivity contribution < 1.29 is 0 Å². The van der Waals surface area contributed by atoms with Crippen LogP contribution in [0, 0.1) is 0 Å². The zero-order chi connectivity index (χ0) is 8.23. The van der Waals surface area contributed by atoms with Crippen LogP contribution in [0.4, 0.5) is 0 Å². The number of hydrogen-bond acceptors (Lipinski definition) is 1. The molecule has 1 nitrogen and oxygen atoms in total. The third-order valence-electron chi connectivity index (χ3n) is 3.17. The Morgan fingerprint density at radius 2 is 2.00 bits per heavy atom. The Hall–Kier alpha value is -0.120. The Bertz CT molecular complexity index is 300. The van der Waals surface area contributed by atoms with E-state index in [0.717, 1.165) is 0 Å². The number of hydrogen-bond donors (Lipinski definition) is 0. The molecule has 2 bridgehead atoms. The summed E-state index contributed by atoms with van der Waals surface area (Å²) in [4.78, 5) is 4.44. The SMILES string of the molecule is IC12CC(c3ccccn3)(C1)C2. The molecule has 3 saturated carbocycles. The highest BCUT2D eigenvalue weighted by Crippen LogP contribution is 2.71. The van der Waals surface area contributed by atoms with Gasteiger partial charge in [0.25, 0.3) is 0 Å². The van der Waals surface area contributed by atoms with E-state index in [0.29, 0.717) is 8.84 Å². The van der Waals surface area contributed by atoms with Crippen molar-refractivity contribution in [2.45, 2.75) is 28.1 Å². The van der Waals surface area contributed by atoms with E-state index >= 15 is 0 Å². The van der Waals surface area contributed by atoms with Gasteiger partial charge in [-0.2, -0.15) is 0 Å². The van der Waals surface area contributed by atoms with E-state index in [2.05, 4.69) is 39.7 Å². The predicted octanol–water partition coefficient (Wildman–Crippen LogP) is 2.69. The fourth-order valence-corrected chi connectivity index (χ4v) is 4.80. The van der Waals surface area contributed by atoms with E-state index < -0.39 is 0 Å². The van der Waals surface area contributed by atoms with Gasteiger partial charge in [-0.05, 0) is 31.4 Å². The molecule has 4 rings (SSSR count). The molecule has 62 valence electrons. The highest BCUT2D eigenvalue weighted by Gasteiger charge is 2.67. The summed E-state index contributed by atoms with van der Waals surface area (Å²) in [5.41, 5.74) is 1.83. The van der Waals surface area contributed by atoms with Crippen LogP contribution in [0.5, 0.6) is 0 Å². The van der Waals surface area contributed by atoms with Gasteiger partial charge in [0.05, 0.1) is 0 Å². The van der Waals surface area contributed by atoms with Crippen molar-refractivity contribution in [3.63, 3.8) is 0 Å². The van der Waals surface area contributed by atoms with Gasteiger partial charge in [0.2, 0.25) is 0 Å². The maximum Gasteiger partial charge on any atom is 0.0466 e. The van der Waals surface area contributed by atoms with Gasteiger partial charge in [-0.1, -0.05) is 28.7 Å². The lowest BCUT2D eigenvalue weighted by atomic mass is 9.43. The Morgan fingerprint density at radius 1 is 1.25 bits per heavy atom. The molecule has 0 unspecified atom stereocenters. The average molecular weight is 271 g/mol. The average Bonchev–Trinajstić information content (AvgIpc) is 1.99. The summed E-state index contributed by atoms with van der Waals surface area (Å²) in [6.07, 6.45) is 5.99. The molecule has 1 heterocycles. The van der Waals surface area contributed by atoms with Crippen LogP contribution in [0.1, 0.15) is 25.0 Å². The summed E-state index contributed by atoms with van der Waals surface area (Å²) >= 11 is 2.60. The number of alkyl halides is 1. The zero-order valence-corrected chi connectivity index (χ0v) is 8.91. The third kappa shape index (κ3) is 0.767. The smallest absolute Gasteiger partial charge is 0.0466 e. The first-order valence-corrected chi connectivity index (χ1v) is 5.41.